The molecule has 2 amide bonds. The van der Waals surface area contributed by atoms with E-state index < -0.39 is 5.91 Å². The van der Waals surface area contributed by atoms with Gasteiger partial charge in [-0.1, -0.05) is 35.9 Å². The largest absolute Gasteiger partial charge is 0.366 e. The van der Waals surface area contributed by atoms with Gasteiger partial charge in [-0.2, -0.15) is 0 Å². The second-order valence-corrected chi connectivity index (χ2v) is 10.3. The molecule has 1 aliphatic rings. The number of aryl methyl sites for hydroxylation is 3. The van der Waals surface area contributed by atoms with E-state index >= 15 is 0 Å². The molecule has 2 aromatic carbocycles. The smallest absolute Gasteiger partial charge is 0.251 e. The lowest BCUT2D eigenvalue weighted by molar-refractivity contribution is -0.112. The van der Waals surface area contributed by atoms with E-state index in [4.69, 9.17) is 5.73 Å². The highest BCUT2D eigenvalue weighted by Gasteiger charge is 2.23. The summed E-state index contributed by atoms with van der Waals surface area (Å²) in [6, 6.07) is 13.4. The summed E-state index contributed by atoms with van der Waals surface area (Å²) < 4.78 is 0. The fourth-order valence-corrected chi connectivity index (χ4v) is 5.34. The number of H-pyrrole nitrogens is 1. The van der Waals surface area contributed by atoms with Gasteiger partial charge in [0.25, 0.3) is 5.91 Å². The maximum atomic E-state index is 13.1. The van der Waals surface area contributed by atoms with Crippen LogP contribution in [-0.4, -0.2) is 29.9 Å². The molecule has 2 heterocycles. The van der Waals surface area contributed by atoms with E-state index in [1.165, 1.54) is 11.1 Å². The number of carbonyl (C=O) groups excluding carboxylic acids is 2. The van der Waals surface area contributed by atoms with E-state index in [1.54, 1.807) is 12.1 Å². The number of amides is 2. The molecule has 0 radical (unpaired) electrons. The molecule has 1 fully saturated rings. The maximum Gasteiger partial charge on any atom is 0.251 e. The van der Waals surface area contributed by atoms with Crippen LogP contribution in [0.2, 0.25) is 0 Å². The molecule has 6 heteroatoms. The fourth-order valence-electron chi connectivity index (χ4n) is 5.34. The number of nitrogens with one attached hydrogen (secondary N) is 3. The van der Waals surface area contributed by atoms with Gasteiger partial charge in [-0.05, 0) is 106 Å². The standard InChI is InChI=1S/C31H38N4O2/c1-18-8-11-23(12-9-18)21(4)35-31(37)24-13-10-19(2)26(15-24)27(30(32)36)16-28-20(3)29(22(5)34-28)25-7-6-14-33-17-25/h8-13,15-16,21,25,33-34H,6-7,14,17H2,1-5H3,(H2,32,36)(H,35,37)/b27-16-. The molecule has 0 bridgehead atoms. The zero-order chi connectivity index (χ0) is 26.7. The zero-order valence-corrected chi connectivity index (χ0v) is 22.5. The fraction of sp³-hybridized carbons (Fsp3) is 0.355. The SMILES string of the molecule is Cc1ccc(C(C)NC(=O)c2ccc(C)c(/C(=C/c3[nH]c(C)c(C4CCCNC4)c3C)C(N)=O)c2)cc1. The molecule has 1 saturated heterocycles. The van der Waals surface area contributed by atoms with E-state index in [2.05, 4.69) is 29.5 Å². The van der Waals surface area contributed by atoms with Crippen LogP contribution in [0.5, 0.6) is 0 Å². The second-order valence-electron chi connectivity index (χ2n) is 10.3. The van der Waals surface area contributed by atoms with Gasteiger partial charge in [0.2, 0.25) is 5.91 Å². The molecule has 0 saturated carbocycles. The van der Waals surface area contributed by atoms with Crippen LogP contribution in [0.15, 0.2) is 42.5 Å². The first-order valence-corrected chi connectivity index (χ1v) is 13.1. The van der Waals surface area contributed by atoms with E-state index in [1.807, 2.05) is 57.2 Å². The maximum absolute atomic E-state index is 13.1. The first-order valence-electron chi connectivity index (χ1n) is 13.1. The van der Waals surface area contributed by atoms with Crippen LogP contribution in [0.4, 0.5) is 0 Å². The summed E-state index contributed by atoms with van der Waals surface area (Å²) in [6.45, 7) is 12.1. The first kappa shape index (κ1) is 26.4. The van der Waals surface area contributed by atoms with Gasteiger partial charge in [0, 0.05) is 29.1 Å². The van der Waals surface area contributed by atoms with Crippen LogP contribution in [0.25, 0.3) is 11.6 Å². The predicted octanol–water partition coefficient (Wildman–Crippen LogP) is 5.23. The third-order valence-electron chi connectivity index (χ3n) is 7.51. The Labute approximate surface area is 219 Å². The van der Waals surface area contributed by atoms with Gasteiger partial charge in [-0.25, -0.2) is 0 Å². The van der Waals surface area contributed by atoms with Crippen LogP contribution in [0.1, 0.15) is 86.9 Å². The molecule has 3 aromatic rings. The number of carbonyl (C=O) groups is 2. The van der Waals surface area contributed by atoms with Gasteiger partial charge in [0.15, 0.2) is 0 Å². The Kier molecular flexibility index (Phi) is 7.98. The quantitative estimate of drug-likeness (QED) is 0.336. The minimum Gasteiger partial charge on any atom is -0.366 e. The van der Waals surface area contributed by atoms with Crippen LogP contribution >= 0.6 is 0 Å². The van der Waals surface area contributed by atoms with E-state index in [-0.39, 0.29) is 11.9 Å². The Morgan fingerprint density at radius 2 is 1.81 bits per heavy atom. The van der Waals surface area contributed by atoms with Gasteiger partial charge < -0.3 is 21.4 Å². The number of benzene rings is 2. The average molecular weight is 499 g/mol. The van der Waals surface area contributed by atoms with Crippen molar-refractivity contribution in [1.29, 1.82) is 0 Å². The summed E-state index contributed by atoms with van der Waals surface area (Å²) in [5.74, 6) is -0.271. The summed E-state index contributed by atoms with van der Waals surface area (Å²) in [4.78, 5) is 29.3. The normalized spacial score (nSPS) is 16.9. The number of nitrogens with two attached hydrogens (primary N) is 1. The number of primary amides is 1. The third kappa shape index (κ3) is 5.86. The highest BCUT2D eigenvalue weighted by Crippen LogP contribution is 2.33. The lowest BCUT2D eigenvalue weighted by Gasteiger charge is -2.23. The Hall–Kier alpha value is -3.64. The molecule has 1 aliphatic heterocycles. The number of piperidine rings is 1. The number of aromatic nitrogens is 1. The Morgan fingerprint density at radius 3 is 2.46 bits per heavy atom. The van der Waals surface area contributed by atoms with Gasteiger partial charge in [0.05, 0.1) is 6.04 Å². The molecule has 194 valence electrons. The molecule has 37 heavy (non-hydrogen) atoms. The van der Waals surface area contributed by atoms with Gasteiger partial charge in [-0.15, -0.1) is 0 Å². The summed E-state index contributed by atoms with van der Waals surface area (Å²) >= 11 is 0. The summed E-state index contributed by atoms with van der Waals surface area (Å²) in [5, 5.41) is 6.56. The second kappa shape index (κ2) is 11.2. The van der Waals surface area contributed by atoms with Crippen molar-refractivity contribution in [2.24, 2.45) is 5.73 Å². The number of aromatic amines is 1. The van der Waals surface area contributed by atoms with E-state index in [0.29, 0.717) is 22.6 Å². The predicted molar refractivity (Wildman–Crippen MR) is 150 cm³/mol. The highest BCUT2D eigenvalue weighted by molar-refractivity contribution is 6.24. The van der Waals surface area contributed by atoms with Crippen LogP contribution in [-0.2, 0) is 4.79 Å². The lowest BCUT2D eigenvalue weighted by atomic mass is 9.88. The lowest BCUT2D eigenvalue weighted by Crippen LogP contribution is -2.28. The van der Waals surface area contributed by atoms with Crippen molar-refractivity contribution in [3.8, 4) is 0 Å². The van der Waals surface area contributed by atoms with Crippen LogP contribution in [0.3, 0.4) is 0 Å². The van der Waals surface area contributed by atoms with Crippen molar-refractivity contribution >= 4 is 23.5 Å². The molecule has 4 rings (SSSR count). The van der Waals surface area contributed by atoms with E-state index in [9.17, 15) is 9.59 Å². The average Bonchev–Trinajstić information content (AvgIpc) is 3.16. The van der Waals surface area contributed by atoms with Gasteiger partial charge in [-0.3, -0.25) is 9.59 Å². The third-order valence-corrected chi connectivity index (χ3v) is 7.51. The van der Waals surface area contributed by atoms with Crippen molar-refractivity contribution in [1.82, 2.24) is 15.6 Å². The van der Waals surface area contributed by atoms with Gasteiger partial charge in [0.1, 0.15) is 0 Å². The van der Waals surface area contributed by atoms with Gasteiger partial charge >= 0.3 is 0 Å². The molecule has 0 spiro atoms. The van der Waals surface area contributed by atoms with Crippen molar-refractivity contribution < 1.29 is 9.59 Å². The monoisotopic (exact) mass is 498 g/mol. The topological polar surface area (TPSA) is 100 Å². The first-order chi connectivity index (χ1) is 17.7. The zero-order valence-electron chi connectivity index (χ0n) is 22.5. The minimum absolute atomic E-state index is 0.152. The molecule has 6 nitrogen and oxygen atoms in total. The molecular weight excluding hydrogens is 460 g/mol. The molecular formula is C31H38N4O2. The Balaban J connectivity index is 1.64. The molecule has 1 aromatic heterocycles. The van der Waals surface area contributed by atoms with E-state index in [0.717, 1.165) is 54.0 Å². The number of hydrogen-bond donors (Lipinski definition) is 4. The summed E-state index contributed by atoms with van der Waals surface area (Å²) in [5.41, 5.74) is 15.0. The summed E-state index contributed by atoms with van der Waals surface area (Å²) in [7, 11) is 0. The van der Waals surface area contributed by atoms with Crippen LogP contribution in [0, 0.1) is 27.7 Å². The van der Waals surface area contributed by atoms with Crippen LogP contribution < -0.4 is 16.4 Å². The minimum atomic E-state index is -0.527. The van der Waals surface area contributed by atoms with Crippen molar-refractivity contribution in [3.63, 3.8) is 0 Å². The van der Waals surface area contributed by atoms with Crippen molar-refractivity contribution in [2.75, 3.05) is 13.1 Å². The Morgan fingerprint density at radius 1 is 1.08 bits per heavy atom. The van der Waals surface area contributed by atoms with Crippen molar-refractivity contribution in [3.05, 3.63) is 92.8 Å². The molecule has 2 atom stereocenters. The molecule has 5 N–H and O–H groups in total. The highest BCUT2D eigenvalue weighted by atomic mass is 16.2. The molecule has 0 aliphatic carbocycles. The number of rotatable bonds is 7. The summed E-state index contributed by atoms with van der Waals surface area (Å²) in [6.07, 6.45) is 4.14. The van der Waals surface area contributed by atoms with Crippen molar-refractivity contribution in [2.45, 2.75) is 59.4 Å². The molecule has 2 unspecified atom stereocenters. The Bertz CT molecular complexity index is 1330. The number of hydrogen-bond acceptors (Lipinski definition) is 3.